The van der Waals surface area contributed by atoms with Gasteiger partial charge in [-0.1, -0.05) is 6.07 Å². The van der Waals surface area contributed by atoms with E-state index in [0.29, 0.717) is 6.07 Å². The van der Waals surface area contributed by atoms with Crippen LogP contribution in [0, 0.1) is 5.82 Å². The van der Waals surface area contributed by atoms with Gasteiger partial charge in [-0.15, -0.1) is 0 Å². The van der Waals surface area contributed by atoms with Crippen molar-refractivity contribution in [3.8, 4) is 0 Å². The number of rotatable bonds is 3. The first-order valence-corrected chi connectivity index (χ1v) is 7.68. The lowest BCUT2D eigenvalue weighted by Crippen LogP contribution is -2.43. The molecule has 1 amide bonds. The zero-order valence-corrected chi connectivity index (χ0v) is 13.6. The molecule has 0 spiro atoms. The van der Waals surface area contributed by atoms with E-state index in [4.69, 9.17) is 0 Å². The third-order valence-corrected chi connectivity index (χ3v) is 4.30. The fourth-order valence-corrected chi connectivity index (χ4v) is 2.71. The highest BCUT2D eigenvalue weighted by atomic mass is 19.4. The second kappa shape index (κ2) is 7.34. The summed E-state index contributed by atoms with van der Waals surface area (Å²) < 4.78 is 51.3. The number of carbonyl (C=O) groups is 1. The number of hydrogen-bond donors (Lipinski definition) is 0. The SMILES string of the molecule is CN1CCC(N(C)C(=O)C=Cc2ccc(F)c(C(F)(F)F)c2)CC1. The summed E-state index contributed by atoms with van der Waals surface area (Å²) in [5, 5.41) is 0. The molecule has 1 aliphatic rings. The number of halogens is 4. The number of carbonyl (C=O) groups excluding carboxylic acids is 1. The molecule has 24 heavy (non-hydrogen) atoms. The third kappa shape index (κ3) is 4.56. The van der Waals surface area contributed by atoms with Crippen molar-refractivity contribution < 1.29 is 22.4 Å². The molecule has 0 atom stereocenters. The molecule has 0 saturated carbocycles. The average molecular weight is 344 g/mol. The Morgan fingerprint density at radius 1 is 1.29 bits per heavy atom. The van der Waals surface area contributed by atoms with Crippen LogP contribution in [0.3, 0.4) is 0 Å². The van der Waals surface area contributed by atoms with E-state index >= 15 is 0 Å². The lowest BCUT2D eigenvalue weighted by Gasteiger charge is -2.34. The van der Waals surface area contributed by atoms with Gasteiger partial charge < -0.3 is 9.80 Å². The van der Waals surface area contributed by atoms with Crippen LogP contribution >= 0.6 is 0 Å². The van der Waals surface area contributed by atoms with Crippen molar-refractivity contribution in [1.82, 2.24) is 9.80 Å². The summed E-state index contributed by atoms with van der Waals surface area (Å²) in [6.07, 6.45) is -0.528. The van der Waals surface area contributed by atoms with Crippen molar-refractivity contribution in [2.75, 3.05) is 27.2 Å². The predicted octanol–water partition coefficient (Wildman–Crippen LogP) is 3.41. The van der Waals surface area contributed by atoms with E-state index < -0.39 is 17.6 Å². The molecule has 0 aromatic heterocycles. The summed E-state index contributed by atoms with van der Waals surface area (Å²) in [4.78, 5) is 16.0. The summed E-state index contributed by atoms with van der Waals surface area (Å²) in [6, 6.07) is 2.80. The maximum atomic E-state index is 13.2. The highest BCUT2D eigenvalue weighted by molar-refractivity contribution is 5.91. The number of benzene rings is 1. The maximum absolute atomic E-state index is 13.2. The number of likely N-dealkylation sites (N-methyl/N-ethyl adjacent to an activating group) is 1. The highest BCUT2D eigenvalue weighted by Gasteiger charge is 2.34. The van der Waals surface area contributed by atoms with Crippen molar-refractivity contribution in [2.24, 2.45) is 0 Å². The number of alkyl halides is 3. The summed E-state index contributed by atoms with van der Waals surface area (Å²) in [5.74, 6) is -1.60. The minimum atomic E-state index is -4.76. The lowest BCUT2D eigenvalue weighted by molar-refractivity contribution is -0.140. The first kappa shape index (κ1) is 18.4. The molecule has 1 fully saturated rings. The molecule has 7 heteroatoms. The first-order valence-electron chi connectivity index (χ1n) is 7.68. The van der Waals surface area contributed by atoms with Gasteiger partial charge in [-0.05, 0) is 56.8 Å². The number of likely N-dealkylation sites (tertiary alicyclic amines) is 1. The number of nitrogens with zero attached hydrogens (tertiary/aromatic N) is 2. The van der Waals surface area contributed by atoms with Crippen molar-refractivity contribution in [2.45, 2.75) is 25.1 Å². The summed E-state index contributed by atoms with van der Waals surface area (Å²) in [5.41, 5.74) is -1.20. The van der Waals surface area contributed by atoms with Gasteiger partial charge >= 0.3 is 6.18 Å². The molecular weight excluding hydrogens is 324 g/mol. The first-order chi connectivity index (χ1) is 11.2. The standard InChI is InChI=1S/C17H20F4N2O/c1-22-9-7-13(8-10-22)23(2)16(24)6-4-12-3-5-15(18)14(11-12)17(19,20)21/h3-6,11,13H,7-10H2,1-2H3. The van der Waals surface area contributed by atoms with E-state index in [9.17, 15) is 22.4 Å². The summed E-state index contributed by atoms with van der Waals surface area (Å²) >= 11 is 0. The van der Waals surface area contributed by atoms with Gasteiger partial charge in [-0.25, -0.2) is 4.39 Å². The largest absolute Gasteiger partial charge is 0.419 e. The van der Waals surface area contributed by atoms with E-state index in [2.05, 4.69) is 4.90 Å². The van der Waals surface area contributed by atoms with Crippen molar-refractivity contribution in [3.63, 3.8) is 0 Å². The van der Waals surface area contributed by atoms with E-state index in [1.54, 1.807) is 11.9 Å². The van der Waals surface area contributed by atoms with Gasteiger partial charge in [-0.2, -0.15) is 13.2 Å². The Bertz CT molecular complexity index is 620. The Morgan fingerprint density at radius 2 is 1.92 bits per heavy atom. The van der Waals surface area contributed by atoms with E-state index in [0.717, 1.165) is 32.0 Å². The van der Waals surface area contributed by atoms with Crippen LogP contribution in [0.2, 0.25) is 0 Å². The Kier molecular flexibility index (Phi) is 5.64. The Morgan fingerprint density at radius 3 is 2.50 bits per heavy atom. The van der Waals surface area contributed by atoms with Crippen LogP contribution in [-0.4, -0.2) is 48.9 Å². The quantitative estimate of drug-likeness (QED) is 0.620. The minimum absolute atomic E-state index is 0.123. The van der Waals surface area contributed by atoms with Crippen molar-refractivity contribution in [3.05, 3.63) is 41.2 Å². The van der Waals surface area contributed by atoms with Crippen LogP contribution in [0.15, 0.2) is 24.3 Å². The number of piperidine rings is 1. The zero-order valence-electron chi connectivity index (χ0n) is 13.6. The molecule has 0 radical (unpaired) electrons. The van der Waals surface area contributed by atoms with Crippen LogP contribution in [0.5, 0.6) is 0 Å². The van der Waals surface area contributed by atoms with E-state index in [1.165, 1.54) is 18.2 Å². The van der Waals surface area contributed by atoms with Gasteiger partial charge in [0.25, 0.3) is 0 Å². The van der Waals surface area contributed by atoms with Crippen molar-refractivity contribution in [1.29, 1.82) is 0 Å². The predicted molar refractivity (Wildman–Crippen MR) is 83.7 cm³/mol. The monoisotopic (exact) mass is 344 g/mol. The second-order valence-corrected chi connectivity index (χ2v) is 6.05. The summed E-state index contributed by atoms with van der Waals surface area (Å²) in [6.45, 7) is 1.80. The van der Waals surface area contributed by atoms with Gasteiger partial charge in [-0.3, -0.25) is 4.79 Å². The van der Waals surface area contributed by atoms with Crippen LogP contribution in [-0.2, 0) is 11.0 Å². The van der Waals surface area contributed by atoms with Crippen LogP contribution in [0.25, 0.3) is 6.08 Å². The smallest absolute Gasteiger partial charge is 0.339 e. The average Bonchev–Trinajstić information content (AvgIpc) is 2.52. The van der Waals surface area contributed by atoms with E-state index in [-0.39, 0.29) is 17.5 Å². The summed E-state index contributed by atoms with van der Waals surface area (Å²) in [7, 11) is 3.71. The zero-order chi connectivity index (χ0) is 17.9. The minimum Gasteiger partial charge on any atom is -0.339 e. The molecule has 1 aromatic carbocycles. The van der Waals surface area contributed by atoms with Crippen LogP contribution < -0.4 is 0 Å². The molecule has 0 unspecified atom stereocenters. The van der Waals surface area contributed by atoms with Crippen LogP contribution in [0.1, 0.15) is 24.0 Å². The molecular formula is C17H20F4N2O. The van der Waals surface area contributed by atoms with Gasteiger partial charge in [0, 0.05) is 19.2 Å². The lowest BCUT2D eigenvalue weighted by atomic mass is 10.0. The molecule has 0 N–H and O–H groups in total. The van der Waals surface area contributed by atoms with Crippen LogP contribution in [0.4, 0.5) is 17.6 Å². The third-order valence-electron chi connectivity index (χ3n) is 4.30. The van der Waals surface area contributed by atoms with E-state index in [1.807, 2.05) is 7.05 Å². The molecule has 1 saturated heterocycles. The fourth-order valence-electron chi connectivity index (χ4n) is 2.71. The Labute approximate surface area is 138 Å². The normalized spacial score (nSPS) is 17.4. The number of hydrogen-bond acceptors (Lipinski definition) is 2. The van der Waals surface area contributed by atoms with Gasteiger partial charge in [0.05, 0.1) is 5.56 Å². The Balaban J connectivity index is 2.06. The highest BCUT2D eigenvalue weighted by Crippen LogP contribution is 2.32. The Hall–Kier alpha value is -1.89. The molecule has 3 nitrogen and oxygen atoms in total. The molecule has 2 rings (SSSR count). The maximum Gasteiger partial charge on any atom is 0.419 e. The topological polar surface area (TPSA) is 23.6 Å². The van der Waals surface area contributed by atoms with Gasteiger partial charge in [0.2, 0.25) is 5.91 Å². The molecule has 1 aliphatic heterocycles. The van der Waals surface area contributed by atoms with Gasteiger partial charge in [0.15, 0.2) is 0 Å². The van der Waals surface area contributed by atoms with Crippen molar-refractivity contribution >= 4 is 12.0 Å². The molecule has 0 bridgehead atoms. The van der Waals surface area contributed by atoms with Gasteiger partial charge in [0.1, 0.15) is 5.82 Å². The molecule has 1 aromatic rings. The fraction of sp³-hybridized carbons (Fsp3) is 0.471. The molecule has 1 heterocycles. The second-order valence-electron chi connectivity index (χ2n) is 6.05. The molecule has 0 aliphatic carbocycles. The number of amides is 1. The molecule has 132 valence electrons.